The van der Waals surface area contributed by atoms with Crippen molar-refractivity contribution in [3.8, 4) is 0 Å². The quantitative estimate of drug-likeness (QED) is 0.0554. The van der Waals surface area contributed by atoms with E-state index in [0.29, 0.717) is 50.5 Å². The summed E-state index contributed by atoms with van der Waals surface area (Å²) in [6.45, 7) is 10.6. The van der Waals surface area contributed by atoms with Gasteiger partial charge in [-0.1, -0.05) is 77.3 Å². The van der Waals surface area contributed by atoms with Crippen molar-refractivity contribution in [3.63, 3.8) is 0 Å². The van der Waals surface area contributed by atoms with Crippen LogP contribution in [0.5, 0.6) is 0 Å². The van der Waals surface area contributed by atoms with E-state index in [1.54, 1.807) is 5.57 Å². The van der Waals surface area contributed by atoms with Crippen molar-refractivity contribution in [1.82, 2.24) is 0 Å². The van der Waals surface area contributed by atoms with Crippen molar-refractivity contribution in [3.05, 3.63) is 11.6 Å². The Morgan fingerprint density at radius 1 is 0.793 bits per heavy atom. The fourth-order valence-electron chi connectivity index (χ4n) is 11.4. The summed E-state index contributed by atoms with van der Waals surface area (Å²) in [5.41, 5.74) is 2.52. The third kappa shape index (κ3) is 12.7. The van der Waals surface area contributed by atoms with Crippen molar-refractivity contribution in [1.29, 1.82) is 0 Å². The molecule has 1 saturated heterocycles. The molecule has 0 aromatic rings. The molecule has 0 spiro atoms. The average Bonchev–Trinajstić information content (AvgIpc) is 3.55. The van der Waals surface area contributed by atoms with Gasteiger partial charge in [-0.2, -0.15) is 0 Å². The minimum atomic E-state index is -3.81. The number of aliphatic hydroxyl groups is 4. The third-order valence-electron chi connectivity index (χ3n) is 14.5. The van der Waals surface area contributed by atoms with Crippen molar-refractivity contribution in [2.45, 2.75) is 142 Å². The fraction of sp³-hybridized carbons (Fsp3) is 0.953. The Balaban J connectivity index is 0.864. The molecule has 4 fully saturated rings. The number of rotatable bonds is 25. The Morgan fingerprint density at radius 3 is 2.10 bits per heavy atom. The molecule has 58 heavy (non-hydrogen) atoms. The summed E-state index contributed by atoms with van der Waals surface area (Å²) < 4.78 is 43.9. The van der Waals surface area contributed by atoms with Gasteiger partial charge >= 0.3 is 0 Å². The molecule has 0 bridgehead atoms. The van der Waals surface area contributed by atoms with Crippen LogP contribution in [0.1, 0.15) is 105 Å². The number of fused-ring (bicyclic) bond motifs is 5. The van der Waals surface area contributed by atoms with Crippen LogP contribution in [0.2, 0.25) is 0 Å². The lowest BCUT2D eigenvalue weighted by atomic mass is 9.47. The smallest absolute Gasteiger partial charge is 0.186 e. The first-order chi connectivity index (χ1) is 27.7. The summed E-state index contributed by atoms with van der Waals surface area (Å²) in [6.07, 6.45) is 10.5. The van der Waals surface area contributed by atoms with Crippen LogP contribution in [-0.4, -0.2) is 130 Å². The van der Waals surface area contributed by atoms with E-state index in [2.05, 4.69) is 40.7 Å². The van der Waals surface area contributed by atoms with Gasteiger partial charge in [0.05, 0.1) is 78.8 Å². The lowest BCUT2D eigenvalue weighted by Crippen LogP contribution is -2.59. The molecule has 4 N–H and O–H groups in total. The van der Waals surface area contributed by atoms with E-state index in [9.17, 15) is 25.3 Å². The topological polar surface area (TPSA) is 178 Å². The predicted octanol–water partition coefficient (Wildman–Crippen LogP) is 4.90. The van der Waals surface area contributed by atoms with Gasteiger partial charge in [0.15, 0.2) is 6.29 Å². The molecule has 5 aliphatic rings. The number of ether oxygens (including phenoxy) is 6. The summed E-state index contributed by atoms with van der Waals surface area (Å²) in [6, 6.07) is 0. The molecule has 14 atom stereocenters. The maximum Gasteiger partial charge on any atom is 0.186 e. The zero-order valence-electron chi connectivity index (χ0n) is 35.9. The first-order valence-corrected chi connectivity index (χ1v) is 24.8. The van der Waals surface area contributed by atoms with Crippen LogP contribution in [0, 0.1) is 46.3 Å². The Kier molecular flexibility index (Phi) is 19.4. The maximum absolute atomic E-state index is 12.3. The van der Waals surface area contributed by atoms with Gasteiger partial charge in [0.1, 0.15) is 31.1 Å². The molecular weight excluding hydrogens is 788 g/mol. The van der Waals surface area contributed by atoms with E-state index in [-0.39, 0.29) is 32.5 Å². The number of hydrogen-bond donors (Lipinski definition) is 4. The van der Waals surface area contributed by atoms with E-state index in [1.807, 2.05) is 0 Å². The van der Waals surface area contributed by atoms with Crippen LogP contribution in [0.25, 0.3) is 0 Å². The second-order valence-electron chi connectivity index (χ2n) is 18.5. The molecule has 338 valence electrons. The molecule has 1 heterocycles. The molecule has 0 amide bonds. The van der Waals surface area contributed by atoms with Gasteiger partial charge in [0, 0.05) is 0 Å². The van der Waals surface area contributed by atoms with Crippen molar-refractivity contribution < 1.29 is 62.8 Å². The van der Waals surface area contributed by atoms with Crippen LogP contribution in [0.4, 0.5) is 0 Å². The van der Waals surface area contributed by atoms with E-state index >= 15 is 0 Å². The molecule has 5 rings (SSSR count). The molecule has 2 unspecified atom stereocenters. The number of allylic oxidation sites excluding steroid dienone is 1. The van der Waals surface area contributed by atoms with E-state index in [4.69, 9.17) is 49.3 Å². The Hall–Kier alpha value is -0.130. The third-order valence-corrected chi connectivity index (χ3v) is 16.2. The first-order valence-electron chi connectivity index (χ1n) is 22.3. The van der Waals surface area contributed by atoms with Crippen molar-refractivity contribution in [2.75, 3.05) is 72.7 Å². The largest absolute Gasteiger partial charge is 0.780 e. The van der Waals surface area contributed by atoms with Gasteiger partial charge in [-0.25, -0.2) is 0 Å². The molecule has 0 aromatic carbocycles. The molecule has 4 aliphatic carbocycles. The van der Waals surface area contributed by atoms with Crippen molar-refractivity contribution in [2.24, 2.45) is 46.3 Å². The minimum absolute atomic E-state index is 0.0470. The lowest BCUT2D eigenvalue weighted by Gasteiger charge is -2.58. The second kappa shape index (κ2) is 23.0. The Bertz CT molecular complexity index is 1310. The highest BCUT2D eigenvalue weighted by atomic mass is 32.5. The highest BCUT2D eigenvalue weighted by molar-refractivity contribution is 8.06. The summed E-state index contributed by atoms with van der Waals surface area (Å²) >= 11 is 4.87. The normalized spacial score (nSPS) is 37.8. The van der Waals surface area contributed by atoms with Gasteiger partial charge in [-0.3, -0.25) is 0 Å². The molecule has 1 aliphatic heterocycles. The maximum atomic E-state index is 12.3. The molecular formula is C43H76O13PS-. The van der Waals surface area contributed by atoms with Gasteiger partial charge < -0.3 is 62.8 Å². The minimum Gasteiger partial charge on any atom is -0.780 e. The molecule has 13 nitrogen and oxygen atoms in total. The van der Waals surface area contributed by atoms with E-state index in [1.165, 1.54) is 57.8 Å². The van der Waals surface area contributed by atoms with Gasteiger partial charge in [-0.15, -0.1) is 0 Å². The Morgan fingerprint density at radius 2 is 1.43 bits per heavy atom. The zero-order valence-corrected chi connectivity index (χ0v) is 37.6. The van der Waals surface area contributed by atoms with Crippen LogP contribution in [0.15, 0.2) is 11.6 Å². The summed E-state index contributed by atoms with van der Waals surface area (Å²) in [7, 11) is 0. The van der Waals surface area contributed by atoms with Gasteiger partial charge in [0.2, 0.25) is 0 Å². The van der Waals surface area contributed by atoms with Crippen LogP contribution >= 0.6 is 6.72 Å². The average molecular weight is 864 g/mol. The molecule has 0 aromatic heterocycles. The van der Waals surface area contributed by atoms with Gasteiger partial charge in [0.25, 0.3) is 0 Å². The highest BCUT2D eigenvalue weighted by Crippen LogP contribution is 2.67. The van der Waals surface area contributed by atoms with E-state index in [0.717, 1.165) is 48.3 Å². The number of hydrogen-bond acceptors (Lipinski definition) is 14. The summed E-state index contributed by atoms with van der Waals surface area (Å²) in [4.78, 5) is 12.3. The monoisotopic (exact) mass is 863 g/mol. The summed E-state index contributed by atoms with van der Waals surface area (Å²) in [5, 5.41) is 38.9. The van der Waals surface area contributed by atoms with Crippen molar-refractivity contribution >= 4 is 18.5 Å². The fourth-order valence-corrected chi connectivity index (χ4v) is 12.5. The van der Waals surface area contributed by atoms with Gasteiger partial charge in [-0.05, 0) is 97.7 Å². The van der Waals surface area contributed by atoms with Crippen LogP contribution < -0.4 is 4.89 Å². The number of aliphatic hydroxyl groups excluding tert-OH is 4. The highest BCUT2D eigenvalue weighted by Gasteiger charge is 2.59. The molecule has 15 heteroatoms. The van der Waals surface area contributed by atoms with Crippen LogP contribution in [-0.2, 0) is 49.3 Å². The SMILES string of the molecule is CC(C)CCC[C@@H](C)[C@H]1CC[C@H]2[C@@H]3CC=C4CC(OCCOCCOCCOCCOP([O-])(=S)OCCO[C@@H]5O[C@H](CO)[C@H](O)[C@H](O)[C@H]5O)CC[C@]4(C)[C@H]3CC[C@]12C. The lowest BCUT2D eigenvalue weighted by molar-refractivity contribution is -0.302. The van der Waals surface area contributed by atoms with E-state index < -0.39 is 44.0 Å². The Labute approximate surface area is 353 Å². The molecule has 3 saturated carbocycles. The second-order valence-corrected chi connectivity index (χ2v) is 21.3. The first kappa shape index (κ1) is 48.9. The zero-order chi connectivity index (χ0) is 41.9. The molecule has 0 radical (unpaired) electrons. The predicted molar refractivity (Wildman–Crippen MR) is 221 cm³/mol. The summed E-state index contributed by atoms with van der Waals surface area (Å²) in [5.74, 6) is 5.13. The standard InChI is InChI=1S/C43H77O13PS/c1-29(2)7-6-8-30(3)34-11-12-35-33-10-9-31-27-32(13-15-42(31,4)36(33)14-16-43(34,35)5)52-23-21-50-19-17-49-18-20-51-22-25-54-57(48,58)55-26-24-53-41-40(47)39(46)38(45)37(28-44)56-41/h9,29-30,32-41,44-47H,6-8,10-28H2,1-5H3,(H,48,58)/p-1/t30-,32?,33+,34-,35+,36+,37-,38+,39+,40-,41-,42+,43-,57?/m1/s1. The van der Waals surface area contributed by atoms with Crippen LogP contribution in [0.3, 0.4) is 0 Å².